The van der Waals surface area contributed by atoms with Crippen LogP contribution in [-0.2, 0) is 21.1 Å². The Hall–Kier alpha value is -1.87. The Bertz CT molecular complexity index is 713. The van der Waals surface area contributed by atoms with Crippen LogP contribution in [0.2, 0.25) is 0 Å². The molecule has 23 heavy (non-hydrogen) atoms. The van der Waals surface area contributed by atoms with Crippen molar-refractivity contribution in [3.8, 4) is 11.4 Å². The quantitative estimate of drug-likeness (QED) is 0.548. The van der Waals surface area contributed by atoms with Crippen molar-refractivity contribution >= 4 is 0 Å². The van der Waals surface area contributed by atoms with Crippen molar-refractivity contribution in [1.29, 1.82) is 0 Å². The largest absolute Gasteiger partial charge is 2.00 e. The molecule has 0 radical (unpaired) electrons. The SMILES string of the molecule is Cc1[c-]c(C)c(C)c(C)c1C.[W+2].[c-]1ccc(-c2nn[nH]n2)cn1. The molecule has 0 aliphatic rings. The molecule has 3 aromatic rings. The van der Waals surface area contributed by atoms with Crippen molar-refractivity contribution in [2.45, 2.75) is 34.6 Å². The molecule has 2 aromatic heterocycles. The van der Waals surface area contributed by atoms with Crippen molar-refractivity contribution in [2.75, 3.05) is 0 Å². The Morgan fingerprint density at radius 1 is 0.957 bits per heavy atom. The van der Waals surface area contributed by atoms with E-state index >= 15 is 0 Å². The van der Waals surface area contributed by atoms with E-state index in [4.69, 9.17) is 0 Å². The van der Waals surface area contributed by atoms with Gasteiger partial charge >= 0.3 is 21.1 Å². The third-order valence-corrected chi connectivity index (χ3v) is 3.84. The summed E-state index contributed by atoms with van der Waals surface area (Å²) in [6, 6.07) is 6.86. The monoisotopic (exact) mass is 477 g/mol. The summed E-state index contributed by atoms with van der Waals surface area (Å²) in [6.07, 6.45) is 4.29. The molecule has 0 amide bonds. The molecule has 0 atom stereocenters. The Balaban J connectivity index is 0.000000220. The molecule has 0 saturated heterocycles. The number of aromatic amines is 1. The van der Waals surface area contributed by atoms with E-state index in [1.807, 2.05) is 6.07 Å². The van der Waals surface area contributed by atoms with Crippen LogP contribution in [0.1, 0.15) is 27.8 Å². The van der Waals surface area contributed by atoms with Crippen LogP contribution < -0.4 is 0 Å². The van der Waals surface area contributed by atoms with Gasteiger partial charge in [0.2, 0.25) is 0 Å². The minimum Gasteiger partial charge on any atom is -0.394 e. The van der Waals surface area contributed by atoms with E-state index in [0.29, 0.717) is 5.82 Å². The molecule has 2 heterocycles. The number of pyridine rings is 1. The number of H-pyrrole nitrogens is 1. The summed E-state index contributed by atoms with van der Waals surface area (Å²) in [7, 11) is 0. The standard InChI is InChI=1S/C11H15.C6H4N5.W/c1-7-6-8(2)10(4)11(5)9(7)3;1-2-5(4-7-3-1)6-8-10-11-9-6;/h1-5H3;1-2,4H,(H,8,9,10,11);/q2*-1;+2. The number of nitrogens with one attached hydrogen (secondary N) is 1. The van der Waals surface area contributed by atoms with Gasteiger partial charge in [-0.2, -0.15) is 51.2 Å². The fraction of sp³-hybridized carbons (Fsp3) is 0.294. The maximum absolute atomic E-state index is 3.79. The summed E-state index contributed by atoms with van der Waals surface area (Å²) in [5, 5.41) is 13.4. The van der Waals surface area contributed by atoms with Crippen molar-refractivity contribution in [3.05, 3.63) is 58.4 Å². The second-order valence-electron chi connectivity index (χ2n) is 5.16. The molecule has 5 nitrogen and oxygen atoms in total. The average molecular weight is 477 g/mol. The molecule has 0 saturated carbocycles. The van der Waals surface area contributed by atoms with Gasteiger partial charge in [-0.1, -0.05) is 52.6 Å². The van der Waals surface area contributed by atoms with E-state index in [0.717, 1.165) is 5.56 Å². The molecule has 0 fully saturated rings. The zero-order valence-corrected chi connectivity index (χ0v) is 16.9. The van der Waals surface area contributed by atoms with Gasteiger partial charge in [0.25, 0.3) is 0 Å². The molecular formula is C17H19N5W. The molecule has 6 heteroatoms. The molecular weight excluding hydrogens is 458 g/mol. The number of rotatable bonds is 1. The van der Waals surface area contributed by atoms with E-state index < -0.39 is 0 Å². The molecule has 0 bridgehead atoms. The summed E-state index contributed by atoms with van der Waals surface area (Å²) in [5.41, 5.74) is 7.58. The maximum Gasteiger partial charge on any atom is 2.00 e. The zero-order chi connectivity index (χ0) is 16.1. The molecule has 0 aliphatic heterocycles. The Morgan fingerprint density at radius 3 is 2.09 bits per heavy atom. The molecule has 118 valence electrons. The Labute approximate surface area is 151 Å². The predicted molar refractivity (Wildman–Crippen MR) is 85.2 cm³/mol. The normalized spacial score (nSPS) is 9.61. The van der Waals surface area contributed by atoms with Gasteiger partial charge in [-0.3, -0.25) is 0 Å². The zero-order valence-electron chi connectivity index (χ0n) is 13.9. The van der Waals surface area contributed by atoms with Crippen molar-refractivity contribution < 1.29 is 21.1 Å². The second-order valence-corrected chi connectivity index (χ2v) is 5.16. The Kier molecular flexibility index (Phi) is 7.24. The Morgan fingerprint density at radius 2 is 1.61 bits per heavy atom. The molecule has 0 aliphatic carbocycles. The van der Waals surface area contributed by atoms with Crippen LogP contribution in [0.15, 0.2) is 18.3 Å². The number of tetrazole rings is 1. The number of aryl methyl sites for hydroxylation is 2. The van der Waals surface area contributed by atoms with Crippen LogP contribution in [0.3, 0.4) is 0 Å². The van der Waals surface area contributed by atoms with Gasteiger partial charge in [-0.15, -0.1) is 10.2 Å². The van der Waals surface area contributed by atoms with Gasteiger partial charge in [0.15, 0.2) is 5.82 Å². The summed E-state index contributed by atoms with van der Waals surface area (Å²) >= 11 is 0. The van der Waals surface area contributed by atoms with Gasteiger partial charge in [-0.05, 0) is 5.21 Å². The van der Waals surface area contributed by atoms with Crippen molar-refractivity contribution in [1.82, 2.24) is 25.6 Å². The first kappa shape index (κ1) is 19.2. The third kappa shape index (κ3) is 4.80. The van der Waals surface area contributed by atoms with E-state index in [1.54, 1.807) is 12.3 Å². The van der Waals surface area contributed by atoms with Gasteiger partial charge in [0.05, 0.1) is 0 Å². The average Bonchev–Trinajstić information content (AvgIpc) is 3.07. The van der Waals surface area contributed by atoms with E-state index in [1.165, 1.54) is 27.8 Å². The first-order valence-electron chi connectivity index (χ1n) is 7.03. The third-order valence-electron chi connectivity index (χ3n) is 3.84. The molecule has 0 unspecified atom stereocenters. The number of aromatic nitrogens is 5. The maximum atomic E-state index is 3.79. The van der Waals surface area contributed by atoms with Crippen LogP contribution in [-0.4, -0.2) is 25.6 Å². The fourth-order valence-electron chi connectivity index (χ4n) is 2.05. The van der Waals surface area contributed by atoms with E-state index in [2.05, 4.69) is 72.5 Å². The topological polar surface area (TPSA) is 67.3 Å². The second kappa shape index (κ2) is 8.68. The minimum atomic E-state index is 0. The van der Waals surface area contributed by atoms with Gasteiger partial charge < -0.3 is 4.98 Å². The molecule has 1 N–H and O–H groups in total. The number of nitrogens with zero attached hydrogens (tertiary/aromatic N) is 4. The van der Waals surface area contributed by atoms with Crippen molar-refractivity contribution in [2.24, 2.45) is 0 Å². The van der Waals surface area contributed by atoms with Crippen LogP contribution in [0.5, 0.6) is 0 Å². The van der Waals surface area contributed by atoms with Gasteiger partial charge in [0, 0.05) is 0 Å². The van der Waals surface area contributed by atoms with Gasteiger partial charge in [-0.25, -0.2) is 0 Å². The first-order valence-corrected chi connectivity index (χ1v) is 7.03. The van der Waals surface area contributed by atoms with Crippen LogP contribution >= 0.6 is 0 Å². The molecule has 1 aromatic carbocycles. The predicted octanol–water partition coefficient (Wildman–Crippen LogP) is 3.09. The van der Waals surface area contributed by atoms with E-state index in [9.17, 15) is 0 Å². The summed E-state index contributed by atoms with van der Waals surface area (Å²) in [6.45, 7) is 10.7. The minimum absolute atomic E-state index is 0. The smallest absolute Gasteiger partial charge is 0.394 e. The number of benzene rings is 1. The number of hydrogen-bond acceptors (Lipinski definition) is 4. The van der Waals surface area contributed by atoms with Crippen molar-refractivity contribution in [3.63, 3.8) is 0 Å². The number of hydrogen-bond donors (Lipinski definition) is 1. The van der Waals surface area contributed by atoms with Crippen LogP contribution in [0, 0.1) is 46.9 Å². The summed E-state index contributed by atoms with van der Waals surface area (Å²) in [4.78, 5) is 3.79. The van der Waals surface area contributed by atoms with E-state index in [-0.39, 0.29) is 21.1 Å². The summed E-state index contributed by atoms with van der Waals surface area (Å²) in [5.74, 6) is 0.548. The van der Waals surface area contributed by atoms with Gasteiger partial charge in [0.1, 0.15) is 0 Å². The van der Waals surface area contributed by atoms with Crippen LogP contribution in [0.25, 0.3) is 11.4 Å². The first-order chi connectivity index (χ1) is 10.5. The van der Waals surface area contributed by atoms with Crippen LogP contribution in [0.4, 0.5) is 0 Å². The summed E-state index contributed by atoms with van der Waals surface area (Å²) < 4.78 is 0. The fourth-order valence-corrected chi connectivity index (χ4v) is 2.05. The molecule has 0 spiro atoms. The molecule has 3 rings (SSSR count).